The largest absolute Gasteiger partial charge is 0.462 e. The lowest BCUT2D eigenvalue weighted by Gasteiger charge is -2.08. The smallest absolute Gasteiger partial charge is 0.338 e. The Morgan fingerprint density at radius 3 is 2.89 bits per heavy atom. The maximum absolute atomic E-state index is 13.2. The number of carbonyl (C=O) groups is 1. The zero-order valence-electron chi connectivity index (χ0n) is 9.76. The summed E-state index contributed by atoms with van der Waals surface area (Å²) < 4.78 is 18.1. The van der Waals surface area contributed by atoms with Crippen LogP contribution in [0, 0.1) is 5.82 Å². The van der Waals surface area contributed by atoms with Crippen LogP contribution < -0.4 is 0 Å². The zero-order chi connectivity index (χ0) is 13.0. The fourth-order valence-corrected chi connectivity index (χ4v) is 1.57. The Bertz CT molecular complexity index is 558. The second kappa shape index (κ2) is 5.35. The first-order valence-electron chi connectivity index (χ1n) is 5.45. The third kappa shape index (κ3) is 2.51. The molecular formula is C13H11FN2O2. The molecule has 0 amide bonds. The SMILES string of the molecule is CCOC(=O)c1cc(F)ccc1-c1ccncn1. The molecule has 4 nitrogen and oxygen atoms in total. The molecule has 0 aliphatic heterocycles. The molecule has 1 aromatic carbocycles. The summed E-state index contributed by atoms with van der Waals surface area (Å²) in [5.74, 6) is -1.05. The number of esters is 1. The fourth-order valence-electron chi connectivity index (χ4n) is 1.57. The molecule has 1 aromatic heterocycles. The highest BCUT2D eigenvalue weighted by Gasteiger charge is 2.15. The van der Waals surface area contributed by atoms with Crippen LogP contribution in [-0.2, 0) is 4.74 Å². The second-order valence-corrected chi connectivity index (χ2v) is 3.50. The molecule has 0 N–H and O–H groups in total. The van der Waals surface area contributed by atoms with Crippen LogP contribution in [0.15, 0.2) is 36.8 Å². The molecule has 0 radical (unpaired) electrons. The number of hydrogen-bond acceptors (Lipinski definition) is 4. The Kier molecular flexibility index (Phi) is 3.62. The number of carbonyl (C=O) groups excluding carboxylic acids is 1. The van der Waals surface area contributed by atoms with Gasteiger partial charge in [0.15, 0.2) is 0 Å². The first-order valence-corrected chi connectivity index (χ1v) is 5.45. The van der Waals surface area contributed by atoms with Crippen molar-refractivity contribution in [2.75, 3.05) is 6.61 Å². The monoisotopic (exact) mass is 246 g/mol. The predicted molar refractivity (Wildman–Crippen MR) is 63.4 cm³/mol. The molecule has 0 spiro atoms. The molecule has 5 heteroatoms. The number of nitrogens with zero attached hydrogens (tertiary/aromatic N) is 2. The molecule has 0 bridgehead atoms. The summed E-state index contributed by atoms with van der Waals surface area (Å²) in [5.41, 5.74) is 1.24. The van der Waals surface area contributed by atoms with Gasteiger partial charge in [0.2, 0.25) is 0 Å². The highest BCUT2D eigenvalue weighted by molar-refractivity contribution is 5.96. The first kappa shape index (κ1) is 12.2. The van der Waals surface area contributed by atoms with Crippen LogP contribution in [0.3, 0.4) is 0 Å². The van der Waals surface area contributed by atoms with Crippen LogP contribution in [0.1, 0.15) is 17.3 Å². The number of hydrogen-bond donors (Lipinski definition) is 0. The molecule has 18 heavy (non-hydrogen) atoms. The number of halogens is 1. The van der Waals surface area contributed by atoms with Gasteiger partial charge in [0.05, 0.1) is 17.9 Å². The van der Waals surface area contributed by atoms with E-state index in [1.54, 1.807) is 19.2 Å². The molecule has 2 aromatic rings. The van der Waals surface area contributed by atoms with Gasteiger partial charge in [-0.2, -0.15) is 0 Å². The number of aromatic nitrogens is 2. The van der Waals surface area contributed by atoms with Gasteiger partial charge in [-0.15, -0.1) is 0 Å². The Balaban J connectivity index is 2.51. The van der Waals surface area contributed by atoms with E-state index in [0.717, 1.165) is 6.07 Å². The van der Waals surface area contributed by atoms with Crippen molar-refractivity contribution in [2.24, 2.45) is 0 Å². The Morgan fingerprint density at radius 1 is 1.39 bits per heavy atom. The average molecular weight is 246 g/mol. The van der Waals surface area contributed by atoms with Gasteiger partial charge >= 0.3 is 5.97 Å². The summed E-state index contributed by atoms with van der Waals surface area (Å²) >= 11 is 0. The molecule has 0 saturated carbocycles. The molecule has 0 fully saturated rings. The third-order valence-electron chi connectivity index (χ3n) is 2.33. The molecular weight excluding hydrogens is 235 g/mol. The predicted octanol–water partition coefficient (Wildman–Crippen LogP) is 2.46. The standard InChI is InChI=1S/C13H11FN2O2/c1-2-18-13(17)11-7-9(14)3-4-10(11)12-5-6-15-8-16-12/h3-8H,2H2,1H3. The molecule has 0 unspecified atom stereocenters. The van der Waals surface area contributed by atoms with Crippen LogP contribution in [0.25, 0.3) is 11.3 Å². The first-order chi connectivity index (χ1) is 8.72. The van der Waals surface area contributed by atoms with Gasteiger partial charge in [0.25, 0.3) is 0 Å². The molecule has 92 valence electrons. The van der Waals surface area contributed by atoms with Crippen LogP contribution >= 0.6 is 0 Å². The summed E-state index contributed by atoms with van der Waals surface area (Å²) in [5, 5.41) is 0. The van der Waals surface area contributed by atoms with Crippen molar-refractivity contribution in [3.63, 3.8) is 0 Å². The molecule has 0 saturated heterocycles. The van der Waals surface area contributed by atoms with Crippen molar-refractivity contribution in [1.29, 1.82) is 0 Å². The van der Waals surface area contributed by atoms with Gasteiger partial charge in [0, 0.05) is 11.8 Å². The second-order valence-electron chi connectivity index (χ2n) is 3.50. The number of rotatable bonds is 3. The van der Waals surface area contributed by atoms with Crippen molar-refractivity contribution in [2.45, 2.75) is 6.92 Å². The summed E-state index contributed by atoms with van der Waals surface area (Å²) in [6.07, 6.45) is 2.92. The normalized spacial score (nSPS) is 10.1. The molecule has 0 atom stereocenters. The van der Waals surface area contributed by atoms with E-state index in [2.05, 4.69) is 9.97 Å². The molecule has 2 rings (SSSR count). The van der Waals surface area contributed by atoms with Crippen LogP contribution in [0.4, 0.5) is 4.39 Å². The summed E-state index contributed by atoms with van der Waals surface area (Å²) in [4.78, 5) is 19.6. The Labute approximate surface area is 103 Å². The molecule has 0 aliphatic carbocycles. The summed E-state index contributed by atoms with van der Waals surface area (Å²) in [6, 6.07) is 5.58. The van der Waals surface area contributed by atoms with Crippen LogP contribution in [0.5, 0.6) is 0 Å². The van der Waals surface area contributed by atoms with E-state index in [1.165, 1.54) is 18.5 Å². The van der Waals surface area contributed by atoms with Gasteiger partial charge in [-0.1, -0.05) is 0 Å². The van der Waals surface area contributed by atoms with E-state index in [9.17, 15) is 9.18 Å². The van der Waals surface area contributed by atoms with Crippen molar-refractivity contribution >= 4 is 5.97 Å². The minimum absolute atomic E-state index is 0.163. The lowest BCUT2D eigenvalue weighted by Crippen LogP contribution is -2.07. The van der Waals surface area contributed by atoms with Gasteiger partial charge < -0.3 is 4.74 Å². The summed E-state index contributed by atoms with van der Waals surface area (Å²) in [6.45, 7) is 1.93. The summed E-state index contributed by atoms with van der Waals surface area (Å²) in [7, 11) is 0. The topological polar surface area (TPSA) is 52.1 Å². The third-order valence-corrected chi connectivity index (χ3v) is 2.33. The van der Waals surface area contributed by atoms with E-state index in [1.807, 2.05) is 0 Å². The lowest BCUT2D eigenvalue weighted by atomic mass is 10.0. The van der Waals surface area contributed by atoms with E-state index in [-0.39, 0.29) is 12.2 Å². The van der Waals surface area contributed by atoms with Gasteiger partial charge in [-0.25, -0.2) is 19.2 Å². The van der Waals surface area contributed by atoms with Crippen molar-refractivity contribution < 1.29 is 13.9 Å². The fraction of sp³-hybridized carbons (Fsp3) is 0.154. The average Bonchev–Trinajstić information content (AvgIpc) is 2.40. The van der Waals surface area contributed by atoms with Gasteiger partial charge in [-0.05, 0) is 31.2 Å². The minimum atomic E-state index is -0.564. The molecule has 1 heterocycles. The molecule has 0 aliphatic rings. The Morgan fingerprint density at radius 2 is 2.22 bits per heavy atom. The zero-order valence-corrected chi connectivity index (χ0v) is 9.76. The Hall–Kier alpha value is -2.30. The number of ether oxygens (including phenoxy) is 1. The lowest BCUT2D eigenvalue weighted by molar-refractivity contribution is 0.0526. The van der Waals surface area contributed by atoms with Crippen LogP contribution in [0.2, 0.25) is 0 Å². The van der Waals surface area contributed by atoms with E-state index < -0.39 is 11.8 Å². The van der Waals surface area contributed by atoms with E-state index in [4.69, 9.17) is 4.74 Å². The quantitative estimate of drug-likeness (QED) is 0.780. The van der Waals surface area contributed by atoms with Crippen LogP contribution in [-0.4, -0.2) is 22.5 Å². The minimum Gasteiger partial charge on any atom is -0.462 e. The van der Waals surface area contributed by atoms with Gasteiger partial charge in [-0.3, -0.25) is 0 Å². The van der Waals surface area contributed by atoms with Crippen molar-refractivity contribution in [3.05, 3.63) is 48.2 Å². The highest BCUT2D eigenvalue weighted by Crippen LogP contribution is 2.23. The maximum atomic E-state index is 13.2. The van der Waals surface area contributed by atoms with Crippen molar-refractivity contribution in [3.8, 4) is 11.3 Å². The van der Waals surface area contributed by atoms with Crippen molar-refractivity contribution in [1.82, 2.24) is 9.97 Å². The highest BCUT2D eigenvalue weighted by atomic mass is 19.1. The number of benzene rings is 1. The van der Waals surface area contributed by atoms with E-state index >= 15 is 0 Å². The maximum Gasteiger partial charge on any atom is 0.338 e. The van der Waals surface area contributed by atoms with Gasteiger partial charge in [0.1, 0.15) is 12.1 Å². The van der Waals surface area contributed by atoms with E-state index in [0.29, 0.717) is 11.3 Å².